The van der Waals surface area contributed by atoms with Gasteiger partial charge in [0.1, 0.15) is 0 Å². The molecule has 8 bridgehead atoms. The Morgan fingerprint density at radius 3 is 1.06 bits per heavy atom. The molecular formula is C39H48ClFeN6O4. The van der Waals surface area contributed by atoms with E-state index in [2.05, 4.69) is 89.6 Å². The second-order valence-corrected chi connectivity index (χ2v) is 12.7. The van der Waals surface area contributed by atoms with E-state index in [0.29, 0.717) is 0 Å². The number of nitrogens with zero attached hydrogens (tertiary/aromatic N) is 5. The van der Waals surface area contributed by atoms with E-state index in [1.807, 2.05) is 0 Å². The van der Waals surface area contributed by atoms with Crippen molar-refractivity contribution < 1.29 is 45.9 Å². The summed E-state index contributed by atoms with van der Waals surface area (Å²) in [4.78, 5) is 27.4. The number of imidazole rings is 1. The zero-order valence-corrected chi connectivity index (χ0v) is 32.7. The van der Waals surface area contributed by atoms with Crippen molar-refractivity contribution in [3.63, 3.8) is 0 Å². The molecule has 0 fully saturated rings. The zero-order chi connectivity index (χ0) is 36.6. The van der Waals surface area contributed by atoms with Gasteiger partial charge < -0.3 is 15.0 Å². The Labute approximate surface area is 313 Å². The maximum Gasteiger partial charge on any atom is 3.00 e. The molecule has 0 aliphatic carbocycles. The second kappa shape index (κ2) is 18.8. The smallest absolute Gasteiger partial charge is 0.657 e. The van der Waals surface area contributed by atoms with Crippen molar-refractivity contribution in [1.82, 2.24) is 29.9 Å². The summed E-state index contributed by atoms with van der Waals surface area (Å²) < 4.78 is 34.0. The van der Waals surface area contributed by atoms with Crippen molar-refractivity contribution in [2.75, 3.05) is 0 Å². The van der Waals surface area contributed by atoms with Gasteiger partial charge in [0.15, 0.2) is 0 Å². The van der Waals surface area contributed by atoms with Crippen LogP contribution in [0.25, 0.3) is 44.4 Å². The molecule has 51 heavy (non-hydrogen) atoms. The molecule has 0 amide bonds. The normalized spacial score (nSPS) is 12.6. The molecule has 2 aliphatic rings. The molecule has 0 atom stereocenters. The average molecular weight is 756 g/mol. The zero-order valence-electron chi connectivity index (χ0n) is 30.8. The maximum absolute atomic E-state index is 8.49. The van der Waals surface area contributed by atoms with Crippen LogP contribution in [-0.2, 0) is 42.8 Å². The molecule has 4 aromatic rings. The monoisotopic (exact) mass is 755 g/mol. The fourth-order valence-electron chi connectivity index (χ4n) is 7.14. The van der Waals surface area contributed by atoms with Crippen molar-refractivity contribution in [3.05, 3.63) is 88.0 Å². The number of H-pyrrole nitrogens is 1. The fourth-order valence-corrected chi connectivity index (χ4v) is 7.14. The first-order valence-electron chi connectivity index (χ1n) is 17.6. The Morgan fingerprint density at radius 1 is 0.510 bits per heavy atom. The summed E-state index contributed by atoms with van der Waals surface area (Å²) in [5, 5.41) is 0. The van der Waals surface area contributed by atoms with E-state index in [0.717, 1.165) is 96.2 Å². The van der Waals surface area contributed by atoms with E-state index < -0.39 is 10.2 Å². The molecule has 0 spiro atoms. The minimum atomic E-state index is -4.94. The Hall–Kier alpha value is -3.54. The van der Waals surface area contributed by atoms with Gasteiger partial charge in [-0.05, 0) is 79.7 Å². The van der Waals surface area contributed by atoms with Crippen molar-refractivity contribution in [2.24, 2.45) is 0 Å². The van der Waals surface area contributed by atoms with Crippen LogP contribution in [0.4, 0.5) is 0 Å². The predicted molar refractivity (Wildman–Crippen MR) is 190 cm³/mol. The van der Waals surface area contributed by atoms with Crippen LogP contribution in [0.3, 0.4) is 0 Å². The third-order valence-corrected chi connectivity index (χ3v) is 9.22. The second-order valence-electron chi connectivity index (χ2n) is 11.9. The number of allylic oxidation sites excluding steroid dienone is 4. The molecule has 0 saturated heterocycles. The van der Waals surface area contributed by atoms with Crippen LogP contribution in [0.2, 0.25) is 0 Å². The van der Waals surface area contributed by atoms with Gasteiger partial charge in [0, 0.05) is 12.4 Å². The van der Waals surface area contributed by atoms with E-state index in [4.69, 9.17) is 38.6 Å². The first-order valence-corrected chi connectivity index (χ1v) is 18.9. The average Bonchev–Trinajstić information content (AvgIpc) is 3.91. The summed E-state index contributed by atoms with van der Waals surface area (Å²) in [6.07, 6.45) is 12.7. The van der Waals surface area contributed by atoms with E-state index in [1.165, 1.54) is 44.5 Å². The predicted octanol–water partition coefficient (Wildman–Crippen LogP) is 4.94. The van der Waals surface area contributed by atoms with Gasteiger partial charge in [0.2, 0.25) is 0 Å². The van der Waals surface area contributed by atoms with E-state index in [1.54, 1.807) is 18.7 Å². The molecule has 0 aromatic carbocycles. The summed E-state index contributed by atoms with van der Waals surface area (Å²) in [6, 6.07) is 8.98. The fraction of sp³-hybridized carbons (Fsp3) is 0.410. The third kappa shape index (κ3) is 9.67. The van der Waals surface area contributed by atoms with Gasteiger partial charge in [0.25, 0.3) is 0 Å². The summed E-state index contributed by atoms with van der Waals surface area (Å²) in [6.45, 7) is 17.9. The minimum Gasteiger partial charge on any atom is -0.657 e. The van der Waals surface area contributed by atoms with Crippen LogP contribution in [0.15, 0.2) is 43.0 Å². The van der Waals surface area contributed by atoms with Crippen LogP contribution < -0.4 is 28.6 Å². The topological polar surface area (TPSA) is 175 Å². The number of hydrogen-bond acceptors (Lipinski definition) is 7. The standard InChI is InChI=1S/C36H44N4.C3H4N2.ClHO4.Fe/c1-9-21-22(10-2)30-18-32-25(13-5)26(14-6)34(39-32)20-36-28(16-8)27(15-7)35(40-36)19-33-24(12-4)23(11-3)31(38-33)17-29(21)37-30;1-2-5-3-4-1;2-1(3,4)5;/h17-20H,9-16H2,1-8H3;1-3H,(H,4,5);(H,2,3,4,5);/q-2;;;+3/p-1. The van der Waals surface area contributed by atoms with Crippen LogP contribution in [0, 0.1) is 10.2 Å². The summed E-state index contributed by atoms with van der Waals surface area (Å²) >= 11 is 0. The molecule has 6 heterocycles. The number of aromatic nitrogens is 6. The number of aryl methyl sites for hydroxylation is 4. The maximum atomic E-state index is 8.49. The molecule has 12 heteroatoms. The number of halogens is 1. The van der Waals surface area contributed by atoms with Gasteiger partial charge >= 0.3 is 17.1 Å². The number of fused-ring (bicyclic) bond motifs is 8. The molecule has 0 saturated carbocycles. The number of nitrogens with one attached hydrogen (secondary N) is 1. The van der Waals surface area contributed by atoms with E-state index in [9.17, 15) is 0 Å². The Bertz CT molecular complexity index is 1860. The molecule has 1 N–H and O–H groups in total. The van der Waals surface area contributed by atoms with Gasteiger partial charge in [-0.15, -0.1) is 32.3 Å². The number of rotatable bonds is 8. The van der Waals surface area contributed by atoms with Crippen LogP contribution in [0.5, 0.6) is 0 Å². The number of hydrogen-bond donors (Lipinski definition) is 1. The molecule has 4 aromatic heterocycles. The SMILES string of the molecule is CCC1=C(CC)c2cc3[n-]c(cc4[n-]c(cc5nc(cc1n2)C(CC)=C5CC)c(CC)c4CC)c(CC)c3CC.[Fe+3].[O-][Cl+3]([O-])([O-])[O-].c1c[nH]cn1. The van der Waals surface area contributed by atoms with Crippen LogP contribution >= 0.6 is 0 Å². The Kier molecular flexibility index (Phi) is 15.4. The minimum absolute atomic E-state index is 0. The number of aromatic amines is 1. The summed E-state index contributed by atoms with van der Waals surface area (Å²) in [7, 11) is -4.94. The molecule has 10 nitrogen and oxygen atoms in total. The van der Waals surface area contributed by atoms with Crippen molar-refractivity contribution >= 4 is 44.4 Å². The van der Waals surface area contributed by atoms with Gasteiger partial charge in [-0.1, -0.05) is 95.8 Å². The molecule has 273 valence electrons. The van der Waals surface area contributed by atoms with Gasteiger partial charge in [-0.25, -0.2) is 33.6 Å². The van der Waals surface area contributed by atoms with E-state index >= 15 is 0 Å². The van der Waals surface area contributed by atoms with Gasteiger partial charge in [-0.3, -0.25) is 0 Å². The van der Waals surface area contributed by atoms with Crippen molar-refractivity contribution in [2.45, 2.75) is 107 Å². The Morgan fingerprint density at radius 2 is 0.824 bits per heavy atom. The summed E-state index contributed by atoms with van der Waals surface area (Å²) in [5.41, 5.74) is 19.1. The largest absolute Gasteiger partial charge is 3.00 e. The van der Waals surface area contributed by atoms with Crippen molar-refractivity contribution in [3.8, 4) is 0 Å². The van der Waals surface area contributed by atoms with Gasteiger partial charge in [0.05, 0.1) is 29.1 Å². The van der Waals surface area contributed by atoms with Crippen LogP contribution in [0.1, 0.15) is 126 Å². The molecule has 2 aliphatic heterocycles. The molecular weight excluding hydrogens is 708 g/mol. The van der Waals surface area contributed by atoms with Crippen LogP contribution in [-0.4, -0.2) is 19.9 Å². The third-order valence-electron chi connectivity index (χ3n) is 9.22. The first-order chi connectivity index (χ1) is 24.0. The van der Waals surface area contributed by atoms with Crippen molar-refractivity contribution in [1.29, 1.82) is 0 Å². The summed E-state index contributed by atoms with van der Waals surface area (Å²) in [5.74, 6) is 0. The first kappa shape index (κ1) is 41.9. The quantitative estimate of drug-likeness (QED) is 0.245. The molecule has 6 rings (SSSR count). The Balaban J connectivity index is 0.000000556. The molecule has 0 unspecified atom stereocenters. The van der Waals surface area contributed by atoms with Gasteiger partial charge in [-0.2, -0.15) is 0 Å². The molecule has 1 radical (unpaired) electrons. The van der Waals surface area contributed by atoms with E-state index in [-0.39, 0.29) is 17.1 Å².